The van der Waals surface area contributed by atoms with Gasteiger partial charge in [-0.05, 0) is 49.8 Å². The largest absolute Gasteiger partial charge is 0.494 e. The number of carbonyl (C=O) groups excluding carboxylic acids is 1. The predicted molar refractivity (Wildman–Crippen MR) is 80.9 cm³/mol. The van der Waals surface area contributed by atoms with Crippen LogP contribution >= 0.6 is 0 Å². The van der Waals surface area contributed by atoms with Crippen LogP contribution in [0.3, 0.4) is 0 Å². The van der Waals surface area contributed by atoms with Gasteiger partial charge in [0.1, 0.15) is 0 Å². The summed E-state index contributed by atoms with van der Waals surface area (Å²) < 4.78 is 18.5. The van der Waals surface area contributed by atoms with Crippen molar-refractivity contribution in [2.75, 3.05) is 13.7 Å². The van der Waals surface area contributed by atoms with Crippen molar-refractivity contribution in [3.05, 3.63) is 29.6 Å². The molecule has 0 aromatic heterocycles. The van der Waals surface area contributed by atoms with Crippen LogP contribution in [0.1, 0.15) is 44.6 Å². The predicted octanol–water partition coefficient (Wildman–Crippen LogP) is 3.56. The quantitative estimate of drug-likeness (QED) is 0.831. The van der Waals surface area contributed by atoms with Gasteiger partial charge >= 0.3 is 0 Å². The van der Waals surface area contributed by atoms with Crippen molar-refractivity contribution in [1.82, 2.24) is 4.90 Å². The molecule has 1 fully saturated rings. The molecule has 1 amide bonds. The Labute approximate surface area is 126 Å². The topological polar surface area (TPSA) is 29.5 Å². The molecule has 0 N–H and O–H groups in total. The minimum atomic E-state index is -0.369. The second kappa shape index (κ2) is 7.43. The van der Waals surface area contributed by atoms with E-state index in [9.17, 15) is 9.18 Å². The molecular formula is C17H24FNO2. The molecular weight excluding hydrogens is 269 g/mol. The summed E-state index contributed by atoms with van der Waals surface area (Å²) in [6.07, 6.45) is 5.46. The Kier molecular flexibility index (Phi) is 5.59. The summed E-state index contributed by atoms with van der Waals surface area (Å²) in [7, 11) is 1.45. The maximum Gasteiger partial charge on any atom is 0.223 e. The van der Waals surface area contributed by atoms with Gasteiger partial charge in [0.25, 0.3) is 0 Å². The number of hydrogen-bond acceptors (Lipinski definition) is 2. The summed E-state index contributed by atoms with van der Waals surface area (Å²) in [4.78, 5) is 14.4. The lowest BCUT2D eigenvalue weighted by molar-refractivity contribution is -0.134. The number of methoxy groups -OCH3 is 1. The number of benzene rings is 1. The van der Waals surface area contributed by atoms with Crippen molar-refractivity contribution in [1.29, 1.82) is 0 Å². The van der Waals surface area contributed by atoms with Crippen molar-refractivity contribution in [2.45, 2.75) is 51.5 Å². The minimum absolute atomic E-state index is 0.192. The van der Waals surface area contributed by atoms with Gasteiger partial charge in [0, 0.05) is 19.0 Å². The molecule has 0 aliphatic carbocycles. The van der Waals surface area contributed by atoms with E-state index in [0.29, 0.717) is 18.9 Å². The van der Waals surface area contributed by atoms with Gasteiger partial charge < -0.3 is 9.64 Å². The second-order valence-electron chi connectivity index (χ2n) is 5.61. The number of rotatable bonds is 5. The Morgan fingerprint density at radius 2 is 2.24 bits per heavy atom. The molecule has 1 aliphatic rings. The fourth-order valence-corrected chi connectivity index (χ4v) is 3.01. The third-order valence-corrected chi connectivity index (χ3v) is 4.26. The van der Waals surface area contributed by atoms with Gasteiger partial charge in [0.2, 0.25) is 5.91 Å². The van der Waals surface area contributed by atoms with Crippen LogP contribution in [0.5, 0.6) is 5.75 Å². The van der Waals surface area contributed by atoms with Crippen LogP contribution in [0.25, 0.3) is 0 Å². The molecule has 2 rings (SSSR count). The van der Waals surface area contributed by atoms with Gasteiger partial charge in [0.05, 0.1) is 7.11 Å². The first kappa shape index (κ1) is 15.8. The Balaban J connectivity index is 1.92. The lowest BCUT2D eigenvalue weighted by Crippen LogP contribution is -2.43. The van der Waals surface area contributed by atoms with E-state index in [1.54, 1.807) is 6.07 Å². The van der Waals surface area contributed by atoms with Crippen LogP contribution in [0.15, 0.2) is 18.2 Å². The lowest BCUT2D eigenvalue weighted by atomic mass is 9.99. The fraction of sp³-hybridized carbons (Fsp3) is 0.588. The first-order chi connectivity index (χ1) is 10.2. The zero-order valence-electron chi connectivity index (χ0n) is 12.9. The highest BCUT2D eigenvalue weighted by atomic mass is 19.1. The fourth-order valence-electron chi connectivity index (χ4n) is 3.01. The van der Waals surface area contributed by atoms with Crippen LogP contribution in [0, 0.1) is 5.82 Å². The molecule has 1 aliphatic heterocycles. The minimum Gasteiger partial charge on any atom is -0.494 e. The van der Waals surface area contributed by atoms with E-state index >= 15 is 0 Å². The first-order valence-corrected chi connectivity index (χ1v) is 7.77. The molecule has 0 bridgehead atoms. The zero-order chi connectivity index (χ0) is 15.2. The number of amides is 1. The third-order valence-electron chi connectivity index (χ3n) is 4.26. The number of nitrogens with zero attached hydrogens (tertiary/aromatic N) is 1. The van der Waals surface area contributed by atoms with Crippen LogP contribution < -0.4 is 4.74 Å². The molecule has 1 atom stereocenters. The summed E-state index contributed by atoms with van der Waals surface area (Å²) in [5, 5.41) is 0. The van der Waals surface area contributed by atoms with E-state index in [0.717, 1.165) is 31.4 Å². The van der Waals surface area contributed by atoms with E-state index in [1.165, 1.54) is 19.6 Å². The lowest BCUT2D eigenvalue weighted by Gasteiger charge is -2.35. The average molecular weight is 293 g/mol. The summed E-state index contributed by atoms with van der Waals surface area (Å²) in [6, 6.07) is 5.28. The van der Waals surface area contributed by atoms with Gasteiger partial charge in [-0.3, -0.25) is 4.79 Å². The van der Waals surface area contributed by atoms with Gasteiger partial charge in [0.15, 0.2) is 11.6 Å². The SMILES string of the molecule is CCC1CCCCN1C(=O)CCc1ccc(OC)c(F)c1. The summed E-state index contributed by atoms with van der Waals surface area (Å²) in [5.41, 5.74) is 0.840. The molecule has 0 radical (unpaired) electrons. The number of piperidine rings is 1. The Morgan fingerprint density at radius 3 is 2.90 bits per heavy atom. The van der Waals surface area contributed by atoms with Gasteiger partial charge in [-0.1, -0.05) is 13.0 Å². The van der Waals surface area contributed by atoms with Crippen LogP contribution in [0.4, 0.5) is 4.39 Å². The molecule has 1 heterocycles. The molecule has 4 heteroatoms. The highest BCUT2D eigenvalue weighted by Crippen LogP contribution is 2.22. The molecule has 1 aromatic carbocycles. The summed E-state index contributed by atoms with van der Waals surface area (Å²) in [5.74, 6) is 0.0665. The molecule has 1 unspecified atom stereocenters. The van der Waals surface area contributed by atoms with Crippen LogP contribution in [-0.4, -0.2) is 30.5 Å². The highest BCUT2D eigenvalue weighted by Gasteiger charge is 2.24. The molecule has 116 valence electrons. The van der Waals surface area contributed by atoms with Crippen molar-refractivity contribution >= 4 is 5.91 Å². The Morgan fingerprint density at radius 1 is 1.43 bits per heavy atom. The van der Waals surface area contributed by atoms with Crippen LogP contribution in [0.2, 0.25) is 0 Å². The van der Waals surface area contributed by atoms with Gasteiger partial charge in [-0.25, -0.2) is 4.39 Å². The Hall–Kier alpha value is -1.58. The van der Waals surface area contributed by atoms with Crippen LogP contribution in [-0.2, 0) is 11.2 Å². The number of halogens is 1. The second-order valence-corrected chi connectivity index (χ2v) is 5.61. The Bertz CT molecular complexity index is 490. The smallest absolute Gasteiger partial charge is 0.223 e. The van der Waals surface area contributed by atoms with Crippen molar-refractivity contribution < 1.29 is 13.9 Å². The molecule has 3 nitrogen and oxygen atoms in total. The average Bonchev–Trinajstić information content (AvgIpc) is 2.52. The molecule has 21 heavy (non-hydrogen) atoms. The maximum absolute atomic E-state index is 13.6. The van der Waals surface area contributed by atoms with E-state index in [1.807, 2.05) is 11.0 Å². The monoisotopic (exact) mass is 293 g/mol. The van der Waals surface area contributed by atoms with Gasteiger partial charge in [-0.15, -0.1) is 0 Å². The summed E-state index contributed by atoms with van der Waals surface area (Å²) >= 11 is 0. The molecule has 0 spiro atoms. The number of likely N-dealkylation sites (tertiary alicyclic amines) is 1. The van der Waals surface area contributed by atoms with E-state index in [4.69, 9.17) is 4.74 Å². The summed E-state index contributed by atoms with van der Waals surface area (Å²) in [6.45, 7) is 3.00. The maximum atomic E-state index is 13.6. The van der Waals surface area contributed by atoms with E-state index < -0.39 is 0 Å². The van der Waals surface area contributed by atoms with Crippen molar-refractivity contribution in [3.8, 4) is 5.75 Å². The normalized spacial score (nSPS) is 18.6. The number of ether oxygens (including phenoxy) is 1. The highest BCUT2D eigenvalue weighted by molar-refractivity contribution is 5.77. The van der Waals surface area contributed by atoms with E-state index in [2.05, 4.69) is 6.92 Å². The van der Waals surface area contributed by atoms with E-state index in [-0.39, 0.29) is 17.5 Å². The number of hydrogen-bond donors (Lipinski definition) is 0. The first-order valence-electron chi connectivity index (χ1n) is 7.77. The number of carbonyl (C=O) groups is 1. The van der Waals surface area contributed by atoms with Gasteiger partial charge in [-0.2, -0.15) is 0 Å². The third kappa shape index (κ3) is 3.96. The van der Waals surface area contributed by atoms with Crippen molar-refractivity contribution in [2.24, 2.45) is 0 Å². The standard InChI is InChI=1S/C17H24FNO2/c1-3-14-6-4-5-11-19(14)17(20)10-8-13-7-9-16(21-2)15(18)12-13/h7,9,12,14H,3-6,8,10-11H2,1-2H3. The molecule has 1 saturated heterocycles. The molecule has 1 aromatic rings. The van der Waals surface area contributed by atoms with Crippen molar-refractivity contribution in [3.63, 3.8) is 0 Å². The number of aryl methyl sites for hydroxylation is 1. The zero-order valence-corrected chi connectivity index (χ0v) is 12.9. The molecule has 0 saturated carbocycles.